The largest absolute Gasteiger partial charge is 0.492 e. The average Bonchev–Trinajstić information content (AvgIpc) is 2.55. The Kier molecular flexibility index (Phi) is 6.44. The summed E-state index contributed by atoms with van der Waals surface area (Å²) < 4.78 is 5.42. The van der Waals surface area contributed by atoms with Gasteiger partial charge in [0.1, 0.15) is 5.75 Å². The number of nitrogen functional groups attached to an aromatic ring is 1. The van der Waals surface area contributed by atoms with E-state index >= 15 is 0 Å². The van der Waals surface area contributed by atoms with Gasteiger partial charge in [-0.3, -0.25) is 0 Å². The molecule has 1 atom stereocenters. The Morgan fingerprint density at radius 3 is 2.57 bits per heavy atom. The van der Waals surface area contributed by atoms with E-state index < -0.39 is 6.10 Å². The van der Waals surface area contributed by atoms with E-state index in [2.05, 4.69) is 24.1 Å². The van der Waals surface area contributed by atoms with Crippen LogP contribution in [0.15, 0.2) is 48.5 Å². The number of nitrogens with zero attached hydrogens (tertiary/aromatic N) is 1. The van der Waals surface area contributed by atoms with Crippen LogP contribution < -0.4 is 10.5 Å². The Hall–Kier alpha value is -2.04. The molecule has 0 aliphatic rings. The molecule has 4 heteroatoms. The maximum Gasteiger partial charge on any atom is 0.142 e. The van der Waals surface area contributed by atoms with Crippen molar-refractivity contribution in [3.8, 4) is 5.75 Å². The molecule has 2 rings (SSSR count). The van der Waals surface area contributed by atoms with Crippen molar-refractivity contribution in [1.29, 1.82) is 0 Å². The summed E-state index contributed by atoms with van der Waals surface area (Å²) >= 11 is 0. The molecule has 0 fully saturated rings. The molecule has 4 nitrogen and oxygen atoms in total. The van der Waals surface area contributed by atoms with Crippen molar-refractivity contribution in [3.63, 3.8) is 0 Å². The van der Waals surface area contributed by atoms with E-state index in [1.807, 2.05) is 37.3 Å². The first kappa shape index (κ1) is 17.3. The minimum absolute atomic E-state index is 0.522. The second-order valence-electron chi connectivity index (χ2n) is 5.76. The molecule has 0 saturated carbocycles. The van der Waals surface area contributed by atoms with E-state index in [1.54, 1.807) is 6.07 Å². The third-order valence-corrected chi connectivity index (χ3v) is 3.80. The van der Waals surface area contributed by atoms with Crippen LogP contribution in [0.4, 0.5) is 5.69 Å². The summed E-state index contributed by atoms with van der Waals surface area (Å²) in [6.45, 7) is 4.18. The van der Waals surface area contributed by atoms with Crippen molar-refractivity contribution >= 4 is 5.69 Å². The number of hydrogen-bond donors (Lipinski definition) is 2. The van der Waals surface area contributed by atoms with Crippen LogP contribution >= 0.6 is 0 Å². The van der Waals surface area contributed by atoms with Gasteiger partial charge < -0.3 is 20.5 Å². The van der Waals surface area contributed by atoms with E-state index in [0.29, 0.717) is 24.5 Å². The van der Waals surface area contributed by atoms with Crippen LogP contribution in [0.1, 0.15) is 30.6 Å². The number of benzene rings is 2. The summed E-state index contributed by atoms with van der Waals surface area (Å²) in [6, 6.07) is 15.8. The Morgan fingerprint density at radius 1 is 1.17 bits per heavy atom. The Balaban J connectivity index is 1.86. The zero-order valence-electron chi connectivity index (χ0n) is 13.9. The lowest BCUT2D eigenvalue weighted by Gasteiger charge is -2.19. The van der Waals surface area contributed by atoms with Crippen LogP contribution in [0.25, 0.3) is 0 Å². The van der Waals surface area contributed by atoms with Crippen molar-refractivity contribution in [3.05, 3.63) is 59.7 Å². The summed E-state index contributed by atoms with van der Waals surface area (Å²) in [5.74, 6) is 0.671. The Bertz CT molecular complexity index is 602. The van der Waals surface area contributed by atoms with E-state index in [-0.39, 0.29) is 0 Å². The monoisotopic (exact) mass is 314 g/mol. The minimum atomic E-state index is -0.522. The first-order chi connectivity index (χ1) is 11.1. The number of nitrogens with two attached hydrogens (primary N) is 1. The van der Waals surface area contributed by atoms with Gasteiger partial charge in [0, 0.05) is 13.1 Å². The van der Waals surface area contributed by atoms with Gasteiger partial charge in [0.05, 0.1) is 18.4 Å². The summed E-state index contributed by atoms with van der Waals surface area (Å²) in [4.78, 5) is 2.20. The van der Waals surface area contributed by atoms with Crippen LogP contribution in [-0.2, 0) is 6.54 Å². The lowest BCUT2D eigenvalue weighted by Crippen LogP contribution is -2.21. The van der Waals surface area contributed by atoms with Gasteiger partial charge in [0.15, 0.2) is 0 Å². The molecule has 3 N–H and O–H groups in total. The van der Waals surface area contributed by atoms with Crippen LogP contribution in [0.3, 0.4) is 0 Å². The van der Waals surface area contributed by atoms with Gasteiger partial charge in [-0.1, -0.05) is 36.4 Å². The fraction of sp³-hybridized carbons (Fsp3) is 0.368. The van der Waals surface area contributed by atoms with Crippen LogP contribution in [0, 0.1) is 0 Å². The zero-order chi connectivity index (χ0) is 16.7. The minimum Gasteiger partial charge on any atom is -0.492 e. The van der Waals surface area contributed by atoms with E-state index in [4.69, 9.17) is 10.5 Å². The maximum atomic E-state index is 10.4. The number of hydrogen-bond acceptors (Lipinski definition) is 4. The normalized spacial score (nSPS) is 12.3. The molecule has 0 amide bonds. The molecule has 124 valence electrons. The highest BCUT2D eigenvalue weighted by Gasteiger charge is 2.11. The van der Waals surface area contributed by atoms with Gasteiger partial charge in [-0.2, -0.15) is 0 Å². The van der Waals surface area contributed by atoms with Crippen LogP contribution in [0.5, 0.6) is 5.75 Å². The van der Waals surface area contributed by atoms with Gasteiger partial charge in [-0.25, -0.2) is 0 Å². The summed E-state index contributed by atoms with van der Waals surface area (Å²) in [5.41, 5.74) is 8.63. The molecular weight excluding hydrogens is 288 g/mol. The summed E-state index contributed by atoms with van der Waals surface area (Å²) in [5, 5.41) is 10.4. The molecule has 0 bridgehead atoms. The van der Waals surface area contributed by atoms with Crippen molar-refractivity contribution in [1.82, 2.24) is 4.90 Å². The molecule has 0 aromatic heterocycles. The second-order valence-corrected chi connectivity index (χ2v) is 5.76. The number of anilines is 1. The summed E-state index contributed by atoms with van der Waals surface area (Å²) in [6.07, 6.45) is 0.141. The molecule has 0 heterocycles. The van der Waals surface area contributed by atoms with E-state index in [0.717, 1.165) is 18.7 Å². The molecule has 2 aromatic carbocycles. The van der Waals surface area contributed by atoms with Gasteiger partial charge in [-0.05, 0) is 43.7 Å². The van der Waals surface area contributed by atoms with Crippen LogP contribution in [-0.4, -0.2) is 30.2 Å². The molecule has 1 unspecified atom stereocenters. The number of aliphatic hydroxyl groups is 1. The Morgan fingerprint density at radius 2 is 1.91 bits per heavy atom. The first-order valence-electron chi connectivity index (χ1n) is 8.03. The fourth-order valence-electron chi connectivity index (χ4n) is 2.54. The standard InChI is InChI=1S/C19H26N2O2/c1-3-23-19-10-9-16(13-17(19)20)18(22)11-12-21(2)14-15-7-5-4-6-8-15/h4-10,13,18,22H,3,11-12,14,20H2,1-2H3. The average molecular weight is 314 g/mol. The van der Waals surface area contributed by atoms with Gasteiger partial charge in [0.2, 0.25) is 0 Å². The molecule has 0 saturated heterocycles. The molecule has 0 radical (unpaired) electrons. The molecule has 2 aromatic rings. The number of rotatable bonds is 8. The quantitative estimate of drug-likeness (QED) is 0.735. The molecule has 0 aliphatic carbocycles. The van der Waals surface area contributed by atoms with Crippen molar-refractivity contribution < 1.29 is 9.84 Å². The number of ether oxygens (including phenoxy) is 1. The van der Waals surface area contributed by atoms with Crippen molar-refractivity contribution in [2.45, 2.75) is 26.0 Å². The number of aliphatic hydroxyl groups excluding tert-OH is 1. The third kappa shape index (κ3) is 5.27. The lowest BCUT2D eigenvalue weighted by molar-refractivity contribution is 0.147. The third-order valence-electron chi connectivity index (χ3n) is 3.80. The molecule has 23 heavy (non-hydrogen) atoms. The molecular formula is C19H26N2O2. The second kappa shape index (κ2) is 8.56. The smallest absolute Gasteiger partial charge is 0.142 e. The molecule has 0 aliphatic heterocycles. The van der Waals surface area contributed by atoms with Crippen molar-refractivity contribution in [2.24, 2.45) is 0 Å². The predicted octanol–water partition coefficient (Wildman–Crippen LogP) is 3.22. The van der Waals surface area contributed by atoms with Gasteiger partial charge >= 0.3 is 0 Å². The van der Waals surface area contributed by atoms with E-state index in [1.165, 1.54) is 5.56 Å². The Labute approximate surface area is 138 Å². The summed E-state index contributed by atoms with van der Waals surface area (Å²) in [7, 11) is 2.06. The highest BCUT2D eigenvalue weighted by Crippen LogP contribution is 2.27. The van der Waals surface area contributed by atoms with Gasteiger partial charge in [-0.15, -0.1) is 0 Å². The first-order valence-corrected chi connectivity index (χ1v) is 8.03. The maximum absolute atomic E-state index is 10.4. The van der Waals surface area contributed by atoms with Gasteiger partial charge in [0.25, 0.3) is 0 Å². The highest BCUT2D eigenvalue weighted by atomic mass is 16.5. The zero-order valence-corrected chi connectivity index (χ0v) is 13.9. The fourth-order valence-corrected chi connectivity index (χ4v) is 2.54. The SMILES string of the molecule is CCOc1ccc(C(O)CCN(C)Cc2ccccc2)cc1N. The van der Waals surface area contributed by atoms with Crippen molar-refractivity contribution in [2.75, 3.05) is 25.9 Å². The lowest BCUT2D eigenvalue weighted by atomic mass is 10.1. The van der Waals surface area contributed by atoms with E-state index in [9.17, 15) is 5.11 Å². The van der Waals surface area contributed by atoms with Crippen LogP contribution in [0.2, 0.25) is 0 Å². The predicted molar refractivity (Wildman–Crippen MR) is 94.4 cm³/mol. The topological polar surface area (TPSA) is 58.7 Å². The highest BCUT2D eigenvalue weighted by molar-refractivity contribution is 5.54. The molecule has 0 spiro atoms.